The number of nitrogens with one attached hydrogen (secondary N) is 1. The highest BCUT2D eigenvalue weighted by molar-refractivity contribution is 6.30. The fraction of sp³-hybridized carbons (Fsp3) is 0.588. The maximum absolute atomic E-state index is 11.9. The first-order valence-corrected chi connectivity index (χ1v) is 8.46. The van der Waals surface area contributed by atoms with Gasteiger partial charge in [-0.15, -0.1) is 0 Å². The van der Waals surface area contributed by atoms with Crippen molar-refractivity contribution in [1.82, 2.24) is 5.32 Å². The van der Waals surface area contributed by atoms with Crippen LogP contribution in [0.3, 0.4) is 0 Å². The summed E-state index contributed by atoms with van der Waals surface area (Å²) in [5.74, 6) is 0.118. The summed E-state index contributed by atoms with van der Waals surface area (Å²) in [4.78, 5) is 11.9. The van der Waals surface area contributed by atoms with E-state index in [0.29, 0.717) is 19.1 Å². The topological polar surface area (TPSA) is 45.7 Å². The molecule has 0 saturated heterocycles. The predicted octanol–water partition coefficient (Wildman–Crippen LogP) is 2.63. The Balaban J connectivity index is 1.65. The van der Waals surface area contributed by atoms with Gasteiger partial charge in [0.2, 0.25) is 0 Å². The first-order valence-electron chi connectivity index (χ1n) is 8.08. The molecule has 3 N–H and O–H groups in total. The molecule has 0 unspecified atom stereocenters. The average molecular weight is 310 g/mol. The lowest BCUT2D eigenvalue weighted by Gasteiger charge is -2.18. The molecule has 1 aromatic carbocycles. The zero-order valence-corrected chi connectivity index (χ0v) is 13.4. The van der Waals surface area contributed by atoms with Crippen LogP contribution in [0.4, 0.5) is 0 Å². The van der Waals surface area contributed by atoms with Gasteiger partial charge in [0.25, 0.3) is 5.91 Å². The molecule has 2 rings (SSSR count). The van der Waals surface area contributed by atoms with Gasteiger partial charge >= 0.3 is 0 Å². The van der Waals surface area contributed by atoms with E-state index in [2.05, 4.69) is 10.6 Å². The quantitative estimate of drug-likeness (QED) is 0.863. The summed E-state index contributed by atoms with van der Waals surface area (Å²) in [7, 11) is 0. The summed E-state index contributed by atoms with van der Waals surface area (Å²) < 4.78 is 0. The highest BCUT2D eigenvalue weighted by Gasteiger charge is 2.15. The van der Waals surface area contributed by atoms with Crippen molar-refractivity contribution in [2.45, 2.75) is 57.5 Å². The maximum Gasteiger partial charge on any atom is 0.275 e. The smallest absolute Gasteiger partial charge is 0.275 e. The van der Waals surface area contributed by atoms with E-state index in [-0.39, 0.29) is 5.91 Å². The van der Waals surface area contributed by atoms with Gasteiger partial charge in [0.1, 0.15) is 0 Å². The minimum atomic E-state index is 0.118. The number of rotatable bonds is 5. The van der Waals surface area contributed by atoms with Crippen LogP contribution in [0.2, 0.25) is 5.02 Å². The van der Waals surface area contributed by atoms with Crippen LogP contribution in [0, 0.1) is 0 Å². The lowest BCUT2D eigenvalue weighted by Crippen LogP contribution is -2.92. The lowest BCUT2D eigenvalue weighted by molar-refractivity contribution is -0.680. The number of carbonyl (C=O) groups is 1. The Hall–Kier alpha value is -1.06. The summed E-state index contributed by atoms with van der Waals surface area (Å²) in [5.41, 5.74) is 1.08. The molecule has 21 heavy (non-hydrogen) atoms. The molecular weight excluding hydrogens is 284 g/mol. The van der Waals surface area contributed by atoms with Gasteiger partial charge in [-0.05, 0) is 43.4 Å². The van der Waals surface area contributed by atoms with E-state index in [1.54, 1.807) is 0 Å². The summed E-state index contributed by atoms with van der Waals surface area (Å²) in [6.45, 7) is 1.12. The van der Waals surface area contributed by atoms with Gasteiger partial charge in [0.05, 0.1) is 6.04 Å². The van der Waals surface area contributed by atoms with Crippen molar-refractivity contribution in [3.8, 4) is 0 Å². The average Bonchev–Trinajstić information content (AvgIpc) is 2.45. The van der Waals surface area contributed by atoms with Crippen LogP contribution >= 0.6 is 11.6 Å². The molecule has 0 aromatic heterocycles. The molecule has 116 valence electrons. The van der Waals surface area contributed by atoms with E-state index in [1.165, 1.54) is 44.9 Å². The van der Waals surface area contributed by atoms with Crippen molar-refractivity contribution < 1.29 is 10.1 Å². The molecule has 1 aliphatic carbocycles. The number of quaternary nitrogens is 1. The molecule has 0 spiro atoms. The largest absolute Gasteiger partial charge is 0.347 e. The van der Waals surface area contributed by atoms with E-state index < -0.39 is 0 Å². The molecule has 1 fully saturated rings. The number of nitrogens with two attached hydrogens (primary N) is 1. The molecule has 3 nitrogen and oxygen atoms in total. The second-order valence-corrected chi connectivity index (χ2v) is 6.38. The van der Waals surface area contributed by atoms with Gasteiger partial charge < -0.3 is 10.6 Å². The summed E-state index contributed by atoms with van der Waals surface area (Å²) in [5, 5.41) is 5.92. The van der Waals surface area contributed by atoms with E-state index >= 15 is 0 Å². The Morgan fingerprint density at radius 2 is 1.71 bits per heavy atom. The Kier molecular flexibility index (Phi) is 7.04. The molecule has 0 atom stereocenters. The molecule has 1 saturated carbocycles. The van der Waals surface area contributed by atoms with Crippen molar-refractivity contribution in [3.63, 3.8) is 0 Å². The zero-order valence-electron chi connectivity index (χ0n) is 12.6. The van der Waals surface area contributed by atoms with Gasteiger partial charge in [0, 0.05) is 11.6 Å². The van der Waals surface area contributed by atoms with Gasteiger partial charge in [-0.3, -0.25) is 4.79 Å². The number of hydrogen-bond donors (Lipinski definition) is 2. The van der Waals surface area contributed by atoms with Crippen molar-refractivity contribution in [2.24, 2.45) is 0 Å². The summed E-state index contributed by atoms with van der Waals surface area (Å²) in [6, 6.07) is 8.22. The second-order valence-electron chi connectivity index (χ2n) is 5.95. The monoisotopic (exact) mass is 309 g/mol. The number of halogens is 1. The highest BCUT2D eigenvalue weighted by Crippen LogP contribution is 2.14. The summed E-state index contributed by atoms with van der Waals surface area (Å²) in [6.07, 6.45) is 9.23. The molecule has 0 radical (unpaired) electrons. The molecule has 1 amide bonds. The van der Waals surface area contributed by atoms with Crippen molar-refractivity contribution in [3.05, 3.63) is 34.9 Å². The Labute approximate surface area is 132 Å². The Morgan fingerprint density at radius 3 is 2.38 bits per heavy atom. The lowest BCUT2D eigenvalue weighted by atomic mass is 9.97. The van der Waals surface area contributed by atoms with Gasteiger partial charge in [-0.1, -0.05) is 43.0 Å². The minimum Gasteiger partial charge on any atom is -0.347 e. The normalized spacial score (nSPS) is 17.0. The number of carbonyl (C=O) groups excluding carboxylic acids is 1. The molecule has 0 aliphatic heterocycles. The third kappa shape index (κ3) is 6.49. The molecule has 1 aromatic rings. The molecule has 0 bridgehead atoms. The van der Waals surface area contributed by atoms with Crippen LogP contribution in [0.5, 0.6) is 0 Å². The van der Waals surface area contributed by atoms with Gasteiger partial charge in [-0.2, -0.15) is 0 Å². The maximum atomic E-state index is 11.9. The Bertz CT molecular complexity index is 425. The SMILES string of the molecule is O=C(C[NH2+]C1CCCCCCC1)NCc1ccc(Cl)cc1. The van der Waals surface area contributed by atoms with Crippen molar-refractivity contribution >= 4 is 17.5 Å². The predicted molar refractivity (Wildman–Crippen MR) is 86.2 cm³/mol. The van der Waals surface area contributed by atoms with Gasteiger partial charge in [0.15, 0.2) is 6.54 Å². The molecule has 1 aliphatic rings. The van der Waals surface area contributed by atoms with Crippen molar-refractivity contribution in [1.29, 1.82) is 0 Å². The third-order valence-corrected chi connectivity index (χ3v) is 4.44. The fourth-order valence-corrected chi connectivity index (χ4v) is 3.00. The van der Waals surface area contributed by atoms with Crippen LogP contribution in [-0.4, -0.2) is 18.5 Å². The highest BCUT2D eigenvalue weighted by atomic mass is 35.5. The van der Waals surface area contributed by atoms with E-state index in [0.717, 1.165) is 10.6 Å². The number of amides is 1. The molecule has 4 heteroatoms. The number of hydrogen-bond acceptors (Lipinski definition) is 1. The van der Waals surface area contributed by atoms with Crippen LogP contribution in [-0.2, 0) is 11.3 Å². The number of benzene rings is 1. The van der Waals surface area contributed by atoms with E-state index in [1.807, 2.05) is 24.3 Å². The van der Waals surface area contributed by atoms with Crippen LogP contribution < -0.4 is 10.6 Å². The van der Waals surface area contributed by atoms with E-state index in [4.69, 9.17) is 11.6 Å². The third-order valence-electron chi connectivity index (χ3n) is 4.19. The fourth-order valence-electron chi connectivity index (χ4n) is 2.87. The Morgan fingerprint density at radius 1 is 1.10 bits per heavy atom. The van der Waals surface area contributed by atoms with E-state index in [9.17, 15) is 4.79 Å². The molecule has 0 heterocycles. The van der Waals surface area contributed by atoms with Crippen molar-refractivity contribution in [2.75, 3.05) is 6.54 Å². The zero-order chi connectivity index (χ0) is 14.9. The van der Waals surface area contributed by atoms with Gasteiger partial charge in [-0.25, -0.2) is 0 Å². The second kappa shape index (κ2) is 9.06. The first kappa shape index (κ1) is 16.3. The molecular formula is C17H26ClN2O+. The van der Waals surface area contributed by atoms with Crippen LogP contribution in [0.25, 0.3) is 0 Å². The standard InChI is InChI=1S/C17H25ClN2O/c18-15-10-8-14(9-11-15)12-20-17(21)13-19-16-6-4-2-1-3-5-7-16/h8-11,16,19H,1-7,12-13H2,(H,20,21)/p+1. The first-order chi connectivity index (χ1) is 10.2. The summed E-state index contributed by atoms with van der Waals surface area (Å²) >= 11 is 5.84. The van der Waals surface area contributed by atoms with Crippen LogP contribution in [0.15, 0.2) is 24.3 Å². The van der Waals surface area contributed by atoms with Crippen LogP contribution in [0.1, 0.15) is 50.5 Å². The minimum absolute atomic E-state index is 0.118.